The molecule has 108 valence electrons. The molecule has 1 fully saturated rings. The highest BCUT2D eigenvalue weighted by Gasteiger charge is 2.36. The summed E-state index contributed by atoms with van der Waals surface area (Å²) in [5, 5.41) is 11.9. The van der Waals surface area contributed by atoms with Crippen molar-refractivity contribution < 1.29 is 14.7 Å². The van der Waals surface area contributed by atoms with Gasteiger partial charge in [-0.25, -0.2) is 0 Å². The minimum absolute atomic E-state index is 0.0648. The molecule has 0 saturated carbocycles. The van der Waals surface area contributed by atoms with Gasteiger partial charge in [0.05, 0.1) is 6.04 Å². The molecule has 2 amide bonds. The van der Waals surface area contributed by atoms with Crippen molar-refractivity contribution in [2.24, 2.45) is 0 Å². The van der Waals surface area contributed by atoms with Crippen LogP contribution in [-0.2, 0) is 9.59 Å². The lowest BCUT2D eigenvalue weighted by atomic mass is 9.93. The fourth-order valence-corrected chi connectivity index (χ4v) is 2.67. The topological polar surface area (TPSA) is 69.6 Å². The molecule has 0 bridgehead atoms. The first-order valence-corrected chi connectivity index (χ1v) is 6.73. The summed E-state index contributed by atoms with van der Waals surface area (Å²) >= 11 is 0. The van der Waals surface area contributed by atoms with Crippen molar-refractivity contribution in [1.82, 2.24) is 10.2 Å². The van der Waals surface area contributed by atoms with Crippen molar-refractivity contribution >= 4 is 11.8 Å². The van der Waals surface area contributed by atoms with Gasteiger partial charge in [0.15, 0.2) is 0 Å². The van der Waals surface area contributed by atoms with E-state index in [9.17, 15) is 9.59 Å². The fourth-order valence-electron chi connectivity index (χ4n) is 2.67. The molecular weight excluding hydrogens is 256 g/mol. The van der Waals surface area contributed by atoms with E-state index in [1.807, 2.05) is 31.2 Å². The van der Waals surface area contributed by atoms with Crippen LogP contribution in [-0.4, -0.2) is 47.6 Å². The number of carbonyl (C=O) groups excluding carboxylic acids is 2. The maximum Gasteiger partial charge on any atom is 0.248 e. The van der Waals surface area contributed by atoms with Gasteiger partial charge in [0.1, 0.15) is 6.61 Å². The van der Waals surface area contributed by atoms with Gasteiger partial charge < -0.3 is 15.3 Å². The van der Waals surface area contributed by atoms with Gasteiger partial charge in [-0.3, -0.25) is 9.59 Å². The Hall–Kier alpha value is -1.88. The van der Waals surface area contributed by atoms with Crippen LogP contribution in [0.2, 0.25) is 0 Å². The lowest BCUT2D eigenvalue weighted by Crippen LogP contribution is -2.39. The zero-order chi connectivity index (χ0) is 14.7. The number of nitrogens with zero attached hydrogens (tertiary/aromatic N) is 1. The molecule has 1 saturated heterocycles. The van der Waals surface area contributed by atoms with E-state index in [0.29, 0.717) is 13.1 Å². The molecule has 1 aromatic carbocycles. The highest BCUT2D eigenvalue weighted by atomic mass is 16.3. The van der Waals surface area contributed by atoms with E-state index in [-0.39, 0.29) is 23.8 Å². The second-order valence-electron chi connectivity index (χ2n) is 5.28. The molecule has 0 radical (unpaired) electrons. The number of benzene rings is 1. The van der Waals surface area contributed by atoms with Gasteiger partial charge in [-0.05, 0) is 12.5 Å². The van der Waals surface area contributed by atoms with E-state index >= 15 is 0 Å². The van der Waals surface area contributed by atoms with E-state index in [1.54, 1.807) is 4.90 Å². The summed E-state index contributed by atoms with van der Waals surface area (Å²) in [6, 6.07) is 8.00. The zero-order valence-corrected chi connectivity index (χ0v) is 11.8. The molecular formula is C15H20N2O3. The van der Waals surface area contributed by atoms with E-state index in [0.717, 1.165) is 5.56 Å². The first kappa shape index (κ1) is 14.5. The number of amides is 2. The number of aryl methyl sites for hydroxylation is 1. The molecule has 2 unspecified atom stereocenters. The molecule has 5 heteroatoms. The van der Waals surface area contributed by atoms with Gasteiger partial charge in [0.25, 0.3) is 0 Å². The van der Waals surface area contributed by atoms with Crippen molar-refractivity contribution in [3.8, 4) is 0 Å². The van der Waals surface area contributed by atoms with Crippen LogP contribution in [0.3, 0.4) is 0 Å². The summed E-state index contributed by atoms with van der Waals surface area (Å²) in [6.45, 7) is 3.96. The number of rotatable bonds is 3. The largest absolute Gasteiger partial charge is 0.387 e. The first-order chi connectivity index (χ1) is 9.51. The number of hydrogen-bond acceptors (Lipinski definition) is 3. The number of likely N-dealkylation sites (tertiary alicyclic amines) is 1. The Bertz CT molecular complexity index is 498. The van der Waals surface area contributed by atoms with Crippen molar-refractivity contribution in [1.29, 1.82) is 0 Å². The molecule has 2 atom stereocenters. The molecule has 0 spiro atoms. The van der Waals surface area contributed by atoms with Crippen molar-refractivity contribution in [2.75, 3.05) is 19.7 Å². The van der Waals surface area contributed by atoms with Crippen molar-refractivity contribution in [3.63, 3.8) is 0 Å². The maximum atomic E-state index is 11.6. The quantitative estimate of drug-likeness (QED) is 0.840. The zero-order valence-electron chi connectivity index (χ0n) is 11.8. The van der Waals surface area contributed by atoms with Gasteiger partial charge in [0.2, 0.25) is 11.8 Å². The Labute approximate surface area is 118 Å². The predicted octanol–water partition coefficient (Wildman–Crippen LogP) is 0.418. The van der Waals surface area contributed by atoms with E-state index < -0.39 is 6.61 Å². The first-order valence-electron chi connectivity index (χ1n) is 6.73. The number of hydrogen-bond donors (Lipinski definition) is 2. The normalized spacial score (nSPS) is 21.9. The third-order valence-electron chi connectivity index (χ3n) is 3.70. The van der Waals surface area contributed by atoms with E-state index in [2.05, 4.69) is 5.32 Å². The molecule has 20 heavy (non-hydrogen) atoms. The lowest BCUT2D eigenvalue weighted by molar-refractivity contribution is -0.133. The predicted molar refractivity (Wildman–Crippen MR) is 75.2 cm³/mol. The van der Waals surface area contributed by atoms with Crippen molar-refractivity contribution in [2.45, 2.75) is 25.8 Å². The number of aliphatic hydroxyl groups excluding tert-OH is 1. The van der Waals surface area contributed by atoms with Crippen LogP contribution >= 0.6 is 0 Å². The molecule has 0 aromatic heterocycles. The standard InChI is InChI=1S/C15H20N2O3/c1-10-3-5-12(6-4-10)13-7-17(15(20)9-18)8-14(13)16-11(2)19/h3-6,13-14,18H,7-9H2,1-2H3,(H,16,19). The van der Waals surface area contributed by atoms with Gasteiger partial charge in [-0.2, -0.15) is 0 Å². The minimum atomic E-state index is -0.493. The average Bonchev–Trinajstić information content (AvgIpc) is 2.82. The highest BCUT2D eigenvalue weighted by Crippen LogP contribution is 2.28. The average molecular weight is 276 g/mol. The van der Waals surface area contributed by atoms with Crippen LogP contribution < -0.4 is 5.32 Å². The maximum absolute atomic E-state index is 11.6. The van der Waals surface area contributed by atoms with E-state index in [1.165, 1.54) is 12.5 Å². The number of aliphatic hydroxyl groups is 1. The summed E-state index contributed by atoms with van der Waals surface area (Å²) in [5.41, 5.74) is 2.27. The number of nitrogens with one attached hydrogen (secondary N) is 1. The summed E-state index contributed by atoms with van der Waals surface area (Å²) < 4.78 is 0. The third kappa shape index (κ3) is 3.17. The molecule has 1 heterocycles. The summed E-state index contributed by atoms with van der Waals surface area (Å²) in [7, 11) is 0. The summed E-state index contributed by atoms with van der Waals surface area (Å²) in [6.07, 6.45) is 0. The van der Waals surface area contributed by atoms with Crippen LogP contribution in [0.1, 0.15) is 24.0 Å². The molecule has 1 aliphatic heterocycles. The Morgan fingerprint density at radius 3 is 2.50 bits per heavy atom. The molecule has 1 aromatic rings. The van der Waals surface area contributed by atoms with Gasteiger partial charge >= 0.3 is 0 Å². The summed E-state index contributed by atoms with van der Waals surface area (Å²) in [5.74, 6) is -0.338. The monoisotopic (exact) mass is 276 g/mol. The molecule has 2 rings (SSSR count). The highest BCUT2D eigenvalue weighted by molar-refractivity contribution is 5.78. The van der Waals surface area contributed by atoms with Gasteiger partial charge in [0, 0.05) is 25.9 Å². The second-order valence-corrected chi connectivity index (χ2v) is 5.28. The fraction of sp³-hybridized carbons (Fsp3) is 0.467. The smallest absolute Gasteiger partial charge is 0.248 e. The second kappa shape index (κ2) is 6.05. The van der Waals surface area contributed by atoms with Crippen LogP contribution in [0, 0.1) is 6.92 Å². The van der Waals surface area contributed by atoms with Crippen LogP contribution in [0.4, 0.5) is 0 Å². The third-order valence-corrected chi connectivity index (χ3v) is 3.70. The molecule has 0 aliphatic carbocycles. The van der Waals surface area contributed by atoms with Crippen molar-refractivity contribution in [3.05, 3.63) is 35.4 Å². The number of carbonyl (C=O) groups is 2. The van der Waals surface area contributed by atoms with E-state index in [4.69, 9.17) is 5.11 Å². The van der Waals surface area contributed by atoms with Gasteiger partial charge in [-0.15, -0.1) is 0 Å². The Morgan fingerprint density at radius 1 is 1.30 bits per heavy atom. The lowest BCUT2D eigenvalue weighted by Gasteiger charge is -2.19. The Morgan fingerprint density at radius 2 is 1.95 bits per heavy atom. The minimum Gasteiger partial charge on any atom is -0.387 e. The Balaban J connectivity index is 2.20. The van der Waals surface area contributed by atoms with Crippen LogP contribution in [0.5, 0.6) is 0 Å². The molecule has 5 nitrogen and oxygen atoms in total. The molecule has 2 N–H and O–H groups in total. The van der Waals surface area contributed by atoms with Crippen LogP contribution in [0.15, 0.2) is 24.3 Å². The van der Waals surface area contributed by atoms with Gasteiger partial charge in [-0.1, -0.05) is 29.8 Å². The summed E-state index contributed by atoms with van der Waals surface area (Å²) in [4.78, 5) is 24.6. The van der Waals surface area contributed by atoms with Crippen LogP contribution in [0.25, 0.3) is 0 Å². The Kier molecular flexibility index (Phi) is 4.39. The molecule has 1 aliphatic rings. The SMILES string of the molecule is CC(=O)NC1CN(C(=O)CO)CC1c1ccc(C)cc1.